The van der Waals surface area contributed by atoms with Gasteiger partial charge in [-0.2, -0.15) is 0 Å². The summed E-state index contributed by atoms with van der Waals surface area (Å²) < 4.78 is 43.5. The van der Waals surface area contributed by atoms with Crippen LogP contribution in [0.5, 0.6) is 5.75 Å². The van der Waals surface area contributed by atoms with Gasteiger partial charge in [0, 0.05) is 33.8 Å². The molecule has 4 rings (SSSR count). The molecule has 10 heteroatoms. The molecule has 0 spiro atoms. The Morgan fingerprint density at radius 2 is 1.82 bits per heavy atom. The Morgan fingerprint density at radius 3 is 2.50 bits per heavy atom. The van der Waals surface area contributed by atoms with E-state index in [9.17, 15) is 27.9 Å². The zero-order chi connectivity index (χ0) is 29.1. The summed E-state index contributed by atoms with van der Waals surface area (Å²) in [6, 6.07) is 15.7. The average molecular weight is 550 g/mol. The van der Waals surface area contributed by atoms with E-state index < -0.39 is 41.6 Å². The van der Waals surface area contributed by atoms with Gasteiger partial charge in [0.05, 0.1) is 17.7 Å². The Kier molecular flexibility index (Phi) is 7.89. The van der Waals surface area contributed by atoms with Crippen molar-refractivity contribution in [2.24, 2.45) is 5.73 Å². The van der Waals surface area contributed by atoms with Crippen LogP contribution in [0.1, 0.15) is 49.9 Å². The molecule has 1 atom stereocenters. The van der Waals surface area contributed by atoms with Crippen LogP contribution in [0.2, 0.25) is 0 Å². The molecule has 5 N–H and O–H groups in total. The zero-order valence-electron chi connectivity index (χ0n) is 21.6. The number of aromatic nitrogens is 1. The molecule has 40 heavy (non-hydrogen) atoms. The lowest BCUT2D eigenvalue weighted by Gasteiger charge is -2.29. The minimum Gasteiger partial charge on any atom is -0.405 e. The molecule has 3 aromatic carbocycles. The smallest absolute Gasteiger partial charge is 0.405 e. The summed E-state index contributed by atoms with van der Waals surface area (Å²) in [5.74, 6) is 3.56. The molecule has 7 nitrogen and oxygen atoms in total. The van der Waals surface area contributed by atoms with Crippen molar-refractivity contribution in [3.8, 4) is 17.6 Å². The second-order valence-electron chi connectivity index (χ2n) is 9.61. The fourth-order valence-corrected chi connectivity index (χ4v) is 4.27. The number of nitrogens with one attached hydrogen (secondary N) is 2. The zero-order valence-corrected chi connectivity index (χ0v) is 21.6. The van der Waals surface area contributed by atoms with Gasteiger partial charge in [-0.05, 0) is 73.9 Å². The minimum atomic E-state index is -5.04. The Labute approximate surface area is 228 Å². The van der Waals surface area contributed by atoms with Gasteiger partial charge >= 0.3 is 6.36 Å². The predicted molar refractivity (Wildman–Crippen MR) is 144 cm³/mol. The number of aryl methyl sites for hydroxylation is 1. The molecule has 0 saturated carbocycles. The lowest BCUT2D eigenvalue weighted by atomic mass is 9.92. The molecule has 0 saturated heterocycles. The largest absolute Gasteiger partial charge is 0.573 e. The number of alkyl halides is 3. The van der Waals surface area contributed by atoms with Gasteiger partial charge in [-0.15, -0.1) is 13.2 Å². The summed E-state index contributed by atoms with van der Waals surface area (Å²) in [6.07, 6.45) is -3.07. The van der Waals surface area contributed by atoms with E-state index in [1.807, 2.05) is 24.3 Å². The standard InChI is InChI=1S/C30H26F3N3O4/c1-18-13-21(27(34)38)11-10-20(18)9-7-19-8-12-26(40-30(31,32)33)24(14-19)28(39)36-29(2,17-37)15-22-16-35-25-6-4-3-5-23(22)25/h3-6,8,10-14,16,35,37H,15,17H2,1-2H3,(H2,34,38)(H,36,39). The first-order chi connectivity index (χ1) is 18.9. The number of hydrogen-bond acceptors (Lipinski definition) is 4. The Bertz CT molecular complexity index is 1650. The lowest BCUT2D eigenvalue weighted by molar-refractivity contribution is -0.274. The molecular weight excluding hydrogens is 523 g/mol. The van der Waals surface area contributed by atoms with Gasteiger partial charge in [0.1, 0.15) is 5.75 Å². The number of aromatic amines is 1. The molecule has 1 heterocycles. The summed E-state index contributed by atoms with van der Waals surface area (Å²) >= 11 is 0. The van der Waals surface area contributed by atoms with Gasteiger partial charge < -0.3 is 25.9 Å². The van der Waals surface area contributed by atoms with E-state index in [0.717, 1.165) is 22.5 Å². The van der Waals surface area contributed by atoms with Crippen LogP contribution < -0.4 is 15.8 Å². The SMILES string of the molecule is Cc1cc(C(N)=O)ccc1C#Cc1ccc(OC(F)(F)F)c(C(=O)NC(C)(CO)Cc2c[nH]c3ccccc23)c1. The first-order valence-corrected chi connectivity index (χ1v) is 12.2. The van der Waals surface area contributed by atoms with Gasteiger partial charge in [0.25, 0.3) is 5.91 Å². The lowest BCUT2D eigenvalue weighted by Crippen LogP contribution is -2.50. The van der Waals surface area contributed by atoms with E-state index >= 15 is 0 Å². The highest BCUT2D eigenvalue weighted by atomic mass is 19.4. The summed E-state index contributed by atoms with van der Waals surface area (Å²) in [5, 5.41) is 13.7. The highest BCUT2D eigenvalue weighted by Gasteiger charge is 2.34. The molecular formula is C30H26F3N3O4. The van der Waals surface area contributed by atoms with Crippen molar-refractivity contribution in [3.05, 3.63) is 100 Å². The molecule has 1 aromatic heterocycles. The molecule has 0 aliphatic heterocycles. The number of amides is 2. The number of carbonyl (C=O) groups is 2. The van der Waals surface area contributed by atoms with Crippen LogP contribution in [0.15, 0.2) is 66.9 Å². The van der Waals surface area contributed by atoms with Gasteiger partial charge in [-0.3, -0.25) is 9.59 Å². The third kappa shape index (κ3) is 6.62. The van der Waals surface area contributed by atoms with Crippen molar-refractivity contribution in [1.82, 2.24) is 10.3 Å². The van der Waals surface area contributed by atoms with E-state index in [1.54, 1.807) is 32.2 Å². The van der Waals surface area contributed by atoms with Gasteiger partial charge in [-0.1, -0.05) is 30.0 Å². The van der Waals surface area contributed by atoms with Crippen LogP contribution in [-0.4, -0.2) is 40.4 Å². The number of aliphatic hydroxyl groups excluding tert-OH is 1. The van der Waals surface area contributed by atoms with Crippen LogP contribution in [0, 0.1) is 18.8 Å². The van der Waals surface area contributed by atoms with Gasteiger partial charge in [-0.25, -0.2) is 0 Å². The number of H-pyrrole nitrogens is 1. The van der Waals surface area contributed by atoms with Crippen LogP contribution in [-0.2, 0) is 6.42 Å². The summed E-state index contributed by atoms with van der Waals surface area (Å²) in [4.78, 5) is 27.8. The molecule has 4 aromatic rings. The third-order valence-corrected chi connectivity index (χ3v) is 6.32. The van der Waals surface area contributed by atoms with Gasteiger partial charge in [0.2, 0.25) is 5.91 Å². The van der Waals surface area contributed by atoms with Crippen molar-refractivity contribution >= 4 is 22.7 Å². The predicted octanol–water partition coefficient (Wildman–Crippen LogP) is 4.60. The number of carbonyl (C=O) groups excluding carboxylic acids is 2. The van der Waals surface area contributed by atoms with E-state index in [-0.39, 0.29) is 12.0 Å². The Balaban J connectivity index is 1.65. The Hall–Kier alpha value is -4.75. The first kappa shape index (κ1) is 28.3. The number of para-hydroxylation sites is 1. The van der Waals surface area contributed by atoms with Crippen molar-refractivity contribution in [2.75, 3.05) is 6.61 Å². The average Bonchev–Trinajstić information content (AvgIpc) is 3.30. The number of rotatable bonds is 7. The van der Waals surface area contributed by atoms with Crippen molar-refractivity contribution < 1.29 is 32.6 Å². The van der Waals surface area contributed by atoms with Gasteiger partial charge in [0.15, 0.2) is 0 Å². The second-order valence-corrected chi connectivity index (χ2v) is 9.61. The van der Waals surface area contributed by atoms with Crippen LogP contribution in [0.4, 0.5) is 13.2 Å². The highest BCUT2D eigenvalue weighted by Crippen LogP contribution is 2.29. The molecule has 1 unspecified atom stereocenters. The Morgan fingerprint density at radius 1 is 1.07 bits per heavy atom. The number of benzene rings is 3. The molecule has 0 fully saturated rings. The van der Waals surface area contributed by atoms with Crippen molar-refractivity contribution in [1.29, 1.82) is 0 Å². The highest BCUT2D eigenvalue weighted by molar-refractivity contribution is 5.98. The maximum absolute atomic E-state index is 13.3. The van der Waals surface area contributed by atoms with Crippen LogP contribution in [0.3, 0.4) is 0 Å². The molecule has 0 bridgehead atoms. The number of halogens is 3. The second kappa shape index (κ2) is 11.2. The third-order valence-electron chi connectivity index (χ3n) is 6.32. The van der Waals surface area contributed by atoms with Crippen LogP contribution >= 0.6 is 0 Å². The number of hydrogen-bond donors (Lipinski definition) is 4. The quantitative estimate of drug-likeness (QED) is 0.252. The van der Waals surface area contributed by atoms with Crippen LogP contribution in [0.25, 0.3) is 10.9 Å². The molecule has 206 valence electrons. The number of fused-ring (bicyclic) bond motifs is 1. The molecule has 0 aliphatic rings. The summed E-state index contributed by atoms with van der Waals surface area (Å²) in [7, 11) is 0. The van der Waals surface area contributed by atoms with E-state index in [4.69, 9.17) is 5.73 Å². The van der Waals surface area contributed by atoms with Crippen molar-refractivity contribution in [2.45, 2.75) is 32.2 Å². The number of ether oxygens (including phenoxy) is 1. The topological polar surface area (TPSA) is 117 Å². The maximum Gasteiger partial charge on any atom is 0.573 e. The fourth-order valence-electron chi connectivity index (χ4n) is 4.27. The monoisotopic (exact) mass is 549 g/mol. The fraction of sp³-hybridized carbons (Fsp3) is 0.200. The summed E-state index contributed by atoms with van der Waals surface area (Å²) in [5.41, 5.74) is 7.18. The van der Waals surface area contributed by atoms with E-state index in [1.165, 1.54) is 18.2 Å². The maximum atomic E-state index is 13.3. The first-order valence-electron chi connectivity index (χ1n) is 12.2. The molecule has 0 aliphatic carbocycles. The summed E-state index contributed by atoms with van der Waals surface area (Å²) in [6.45, 7) is 2.85. The normalized spacial score (nSPS) is 12.8. The molecule has 0 radical (unpaired) electrons. The van der Waals surface area contributed by atoms with E-state index in [2.05, 4.69) is 26.9 Å². The molecule has 2 amide bonds. The number of primary amides is 1. The number of aliphatic hydroxyl groups is 1. The number of nitrogens with two attached hydrogens (primary N) is 1. The minimum absolute atomic E-state index is 0.203. The van der Waals surface area contributed by atoms with E-state index in [0.29, 0.717) is 16.7 Å². The van der Waals surface area contributed by atoms with Crippen molar-refractivity contribution in [3.63, 3.8) is 0 Å².